The molecule has 1 heterocycles. The van der Waals surface area contributed by atoms with Crippen molar-refractivity contribution in [3.8, 4) is 29.4 Å². The van der Waals surface area contributed by atoms with Crippen LogP contribution in [-0.4, -0.2) is 21.3 Å². The molecule has 4 N–H and O–H groups in total. The van der Waals surface area contributed by atoms with E-state index in [0.29, 0.717) is 22.8 Å². The highest BCUT2D eigenvalue weighted by Crippen LogP contribution is 2.47. The maximum absolute atomic E-state index is 9.49. The lowest BCUT2D eigenvalue weighted by Crippen LogP contribution is -2.18. The Kier molecular flexibility index (Phi) is 5.12. The number of methoxy groups -OCH3 is 3. The van der Waals surface area contributed by atoms with E-state index >= 15 is 0 Å². The van der Waals surface area contributed by atoms with Crippen LogP contribution in [0.4, 0.5) is 0 Å². The summed E-state index contributed by atoms with van der Waals surface area (Å²) in [6.07, 6.45) is 0. The van der Waals surface area contributed by atoms with E-state index in [2.05, 4.69) is 12.1 Å². The molecule has 2 rings (SSSR count). The average Bonchev–Trinajstić information content (AvgIpc) is 2.59. The second-order valence-electron chi connectivity index (χ2n) is 4.77. The Balaban J connectivity index is 2.74. The van der Waals surface area contributed by atoms with Crippen molar-refractivity contribution in [1.82, 2.24) is 0 Å². The Morgan fingerprint density at radius 2 is 1.38 bits per heavy atom. The largest absolute Gasteiger partial charge is 0.493 e. The van der Waals surface area contributed by atoms with Crippen LogP contribution in [0.2, 0.25) is 0 Å². The first-order chi connectivity index (χ1) is 11.5. The van der Waals surface area contributed by atoms with Gasteiger partial charge in [0.2, 0.25) is 5.75 Å². The normalized spacial score (nSPS) is 14.9. The molecule has 7 nitrogen and oxygen atoms in total. The van der Waals surface area contributed by atoms with Crippen LogP contribution >= 0.6 is 11.8 Å². The number of nitriles is 2. The third-order valence-corrected chi connectivity index (χ3v) is 4.47. The van der Waals surface area contributed by atoms with Crippen molar-refractivity contribution < 1.29 is 14.2 Å². The van der Waals surface area contributed by atoms with Crippen molar-refractivity contribution in [2.45, 2.75) is 5.92 Å². The number of hydrogen-bond donors (Lipinski definition) is 2. The first kappa shape index (κ1) is 17.4. The monoisotopic (exact) mass is 344 g/mol. The van der Waals surface area contributed by atoms with Crippen LogP contribution in [0.3, 0.4) is 0 Å². The Morgan fingerprint density at radius 1 is 0.917 bits per heavy atom. The summed E-state index contributed by atoms with van der Waals surface area (Å²) in [5, 5.41) is 19.5. The van der Waals surface area contributed by atoms with Crippen LogP contribution < -0.4 is 25.7 Å². The van der Waals surface area contributed by atoms with Gasteiger partial charge >= 0.3 is 0 Å². The predicted octanol–water partition coefficient (Wildman–Crippen LogP) is 1.93. The fourth-order valence-electron chi connectivity index (χ4n) is 2.50. The van der Waals surface area contributed by atoms with Crippen LogP contribution in [0, 0.1) is 22.7 Å². The molecule has 1 aromatic carbocycles. The molecule has 8 heteroatoms. The molecule has 0 saturated carbocycles. The van der Waals surface area contributed by atoms with Crippen molar-refractivity contribution in [3.63, 3.8) is 0 Å². The summed E-state index contributed by atoms with van der Waals surface area (Å²) < 4.78 is 16.0. The zero-order chi connectivity index (χ0) is 17.9. The van der Waals surface area contributed by atoms with E-state index in [4.69, 9.17) is 25.7 Å². The van der Waals surface area contributed by atoms with Gasteiger partial charge in [-0.2, -0.15) is 10.5 Å². The predicted molar refractivity (Wildman–Crippen MR) is 90.1 cm³/mol. The second-order valence-corrected chi connectivity index (χ2v) is 5.86. The highest BCUT2D eigenvalue weighted by atomic mass is 32.2. The Morgan fingerprint density at radius 3 is 1.71 bits per heavy atom. The minimum absolute atomic E-state index is 0.264. The van der Waals surface area contributed by atoms with Crippen molar-refractivity contribution in [2.75, 3.05) is 21.3 Å². The number of ether oxygens (including phenoxy) is 3. The van der Waals surface area contributed by atoms with E-state index in [1.807, 2.05) is 0 Å². The lowest BCUT2D eigenvalue weighted by atomic mass is 9.85. The fourth-order valence-corrected chi connectivity index (χ4v) is 3.28. The Bertz CT molecular complexity index is 757. The summed E-state index contributed by atoms with van der Waals surface area (Å²) in [6.45, 7) is 0. The van der Waals surface area contributed by atoms with E-state index in [0.717, 1.165) is 11.8 Å². The smallest absolute Gasteiger partial charge is 0.203 e. The van der Waals surface area contributed by atoms with Gasteiger partial charge in [-0.3, -0.25) is 0 Å². The fraction of sp³-hybridized carbons (Fsp3) is 0.250. The molecule has 1 aliphatic heterocycles. The highest BCUT2D eigenvalue weighted by molar-refractivity contribution is 8.06. The van der Waals surface area contributed by atoms with E-state index in [1.54, 1.807) is 12.1 Å². The number of nitrogens with two attached hydrogens (primary N) is 2. The van der Waals surface area contributed by atoms with Crippen LogP contribution in [0.25, 0.3) is 0 Å². The topological polar surface area (TPSA) is 127 Å². The molecular formula is C16H16N4O3S. The minimum Gasteiger partial charge on any atom is -0.493 e. The van der Waals surface area contributed by atoms with Crippen LogP contribution in [-0.2, 0) is 0 Å². The Hall–Kier alpha value is -2.97. The van der Waals surface area contributed by atoms with Crippen molar-refractivity contribution in [2.24, 2.45) is 11.5 Å². The third-order valence-electron chi connectivity index (χ3n) is 3.59. The molecule has 0 fully saturated rings. The number of hydrogen-bond acceptors (Lipinski definition) is 8. The summed E-state index contributed by atoms with van der Waals surface area (Å²) in [5.41, 5.74) is 13.0. The van der Waals surface area contributed by atoms with Gasteiger partial charge in [-0.15, -0.1) is 0 Å². The average molecular weight is 344 g/mol. The van der Waals surface area contributed by atoms with Gasteiger partial charge in [-0.1, -0.05) is 11.8 Å². The zero-order valence-electron chi connectivity index (χ0n) is 13.4. The molecule has 0 atom stereocenters. The van der Waals surface area contributed by atoms with E-state index in [1.165, 1.54) is 21.3 Å². The SMILES string of the molecule is COc1cc(C2C(C#N)=C(N)SC(N)=C2C#N)cc(OC)c1OC. The molecule has 24 heavy (non-hydrogen) atoms. The maximum Gasteiger partial charge on any atom is 0.203 e. The van der Waals surface area contributed by atoms with Gasteiger partial charge in [0.25, 0.3) is 0 Å². The first-order valence-corrected chi connectivity index (χ1v) is 7.61. The van der Waals surface area contributed by atoms with Crippen LogP contribution in [0.5, 0.6) is 17.2 Å². The molecule has 0 bridgehead atoms. The number of rotatable bonds is 4. The van der Waals surface area contributed by atoms with Gasteiger partial charge in [-0.25, -0.2) is 0 Å². The minimum atomic E-state index is -0.685. The lowest BCUT2D eigenvalue weighted by molar-refractivity contribution is 0.323. The number of allylic oxidation sites excluding steroid dienone is 2. The quantitative estimate of drug-likeness (QED) is 0.848. The molecule has 0 radical (unpaired) electrons. The van der Waals surface area contributed by atoms with Crippen LogP contribution in [0.15, 0.2) is 33.3 Å². The van der Waals surface area contributed by atoms with Gasteiger partial charge in [0, 0.05) is 0 Å². The summed E-state index contributed by atoms with van der Waals surface area (Å²) in [4.78, 5) is 0. The standard InChI is InChI=1S/C16H16N4O3S/c1-21-11-4-8(5-12(22-2)14(11)23-3)13-9(6-17)15(19)24-16(20)10(13)7-18/h4-5,13H,19-20H2,1-3H3. The molecule has 0 spiro atoms. The van der Waals surface area contributed by atoms with Gasteiger partial charge < -0.3 is 25.7 Å². The van der Waals surface area contributed by atoms with Gasteiger partial charge in [0.15, 0.2) is 11.5 Å². The first-order valence-electron chi connectivity index (χ1n) is 6.79. The molecule has 0 amide bonds. The summed E-state index contributed by atoms with van der Waals surface area (Å²) >= 11 is 1.02. The molecule has 0 saturated heterocycles. The summed E-state index contributed by atoms with van der Waals surface area (Å²) in [6, 6.07) is 7.50. The van der Waals surface area contributed by atoms with Crippen molar-refractivity contribution >= 4 is 11.8 Å². The Labute approximate surface area is 144 Å². The maximum atomic E-state index is 9.49. The molecule has 124 valence electrons. The molecule has 0 unspecified atom stereocenters. The molecular weight excluding hydrogens is 328 g/mol. The summed E-state index contributed by atoms with van der Waals surface area (Å²) in [5.74, 6) is 0.559. The zero-order valence-corrected chi connectivity index (χ0v) is 14.2. The van der Waals surface area contributed by atoms with Gasteiger partial charge in [0.05, 0.1) is 60.6 Å². The number of benzene rings is 1. The van der Waals surface area contributed by atoms with Gasteiger partial charge in [0.1, 0.15) is 0 Å². The van der Waals surface area contributed by atoms with E-state index in [9.17, 15) is 10.5 Å². The van der Waals surface area contributed by atoms with Crippen molar-refractivity contribution in [3.05, 3.63) is 38.9 Å². The molecule has 1 aliphatic rings. The molecule has 1 aromatic rings. The van der Waals surface area contributed by atoms with E-state index in [-0.39, 0.29) is 21.2 Å². The second kappa shape index (κ2) is 7.07. The molecule has 0 aliphatic carbocycles. The van der Waals surface area contributed by atoms with Crippen LogP contribution in [0.1, 0.15) is 11.5 Å². The van der Waals surface area contributed by atoms with Gasteiger partial charge in [-0.05, 0) is 17.7 Å². The number of thioether (sulfide) groups is 1. The third kappa shape index (κ3) is 2.80. The van der Waals surface area contributed by atoms with Crippen molar-refractivity contribution in [1.29, 1.82) is 10.5 Å². The van der Waals surface area contributed by atoms with E-state index < -0.39 is 5.92 Å². The summed E-state index contributed by atoms with van der Waals surface area (Å²) in [7, 11) is 4.47. The highest BCUT2D eigenvalue weighted by Gasteiger charge is 2.32. The lowest BCUT2D eigenvalue weighted by Gasteiger charge is -2.25. The number of nitrogens with zero attached hydrogens (tertiary/aromatic N) is 2. The molecule has 0 aromatic heterocycles.